The zero-order chi connectivity index (χ0) is 12.8. The van der Waals surface area contributed by atoms with E-state index in [2.05, 4.69) is 11.4 Å². The molecule has 1 rings (SSSR count). The fourth-order valence-electron chi connectivity index (χ4n) is 1.36. The lowest BCUT2D eigenvalue weighted by Crippen LogP contribution is -2.24. The summed E-state index contributed by atoms with van der Waals surface area (Å²) in [6, 6.07) is 9.47. The Morgan fingerprint density at radius 2 is 1.88 bits per heavy atom. The monoisotopic (exact) mass is 230 g/mol. The molecule has 0 heterocycles. The topological polar surface area (TPSA) is 52.9 Å². The van der Waals surface area contributed by atoms with E-state index in [1.54, 1.807) is 0 Å². The Labute approximate surface area is 102 Å². The standard InChI is InChI=1S/C14H18N2O/c1-10(2)11(3)14(17)16-13-6-4-12(5-7-13)8-9-15/h4-7,10-11H,8H2,1-3H3,(H,16,17). The van der Waals surface area contributed by atoms with Crippen molar-refractivity contribution >= 4 is 11.6 Å². The van der Waals surface area contributed by atoms with E-state index in [4.69, 9.17) is 5.26 Å². The van der Waals surface area contributed by atoms with Crippen molar-refractivity contribution in [3.05, 3.63) is 29.8 Å². The number of nitrogens with one attached hydrogen (secondary N) is 1. The van der Waals surface area contributed by atoms with Crippen molar-refractivity contribution in [1.82, 2.24) is 0 Å². The average molecular weight is 230 g/mol. The molecule has 0 aliphatic carbocycles. The van der Waals surface area contributed by atoms with E-state index in [0.29, 0.717) is 12.3 Å². The zero-order valence-electron chi connectivity index (χ0n) is 10.5. The largest absolute Gasteiger partial charge is 0.326 e. The highest BCUT2D eigenvalue weighted by molar-refractivity contribution is 5.92. The van der Waals surface area contributed by atoms with Gasteiger partial charge in [0.05, 0.1) is 12.5 Å². The lowest BCUT2D eigenvalue weighted by Gasteiger charge is -2.15. The van der Waals surface area contributed by atoms with E-state index in [0.717, 1.165) is 11.3 Å². The fourth-order valence-corrected chi connectivity index (χ4v) is 1.36. The molecule has 0 bridgehead atoms. The van der Waals surface area contributed by atoms with Crippen molar-refractivity contribution in [3.8, 4) is 6.07 Å². The highest BCUT2D eigenvalue weighted by atomic mass is 16.1. The molecule has 17 heavy (non-hydrogen) atoms. The Morgan fingerprint density at radius 3 is 2.35 bits per heavy atom. The van der Waals surface area contributed by atoms with Crippen molar-refractivity contribution < 1.29 is 4.79 Å². The Kier molecular flexibility index (Phi) is 4.71. The number of nitriles is 1. The summed E-state index contributed by atoms with van der Waals surface area (Å²) < 4.78 is 0. The van der Waals surface area contributed by atoms with Crippen LogP contribution in [0.4, 0.5) is 5.69 Å². The van der Waals surface area contributed by atoms with Gasteiger partial charge in [0.2, 0.25) is 5.91 Å². The molecule has 0 fully saturated rings. The lowest BCUT2D eigenvalue weighted by molar-refractivity contribution is -0.120. The molecule has 1 aromatic carbocycles. The molecule has 0 radical (unpaired) electrons. The van der Waals surface area contributed by atoms with Crippen LogP contribution in [0.15, 0.2) is 24.3 Å². The van der Waals surface area contributed by atoms with Gasteiger partial charge in [-0.15, -0.1) is 0 Å². The third-order valence-corrected chi connectivity index (χ3v) is 2.92. The second-order valence-electron chi connectivity index (χ2n) is 4.55. The van der Waals surface area contributed by atoms with Crippen LogP contribution in [0.2, 0.25) is 0 Å². The smallest absolute Gasteiger partial charge is 0.227 e. The molecular formula is C14H18N2O. The summed E-state index contributed by atoms with van der Waals surface area (Å²) >= 11 is 0. The first-order valence-electron chi connectivity index (χ1n) is 5.81. The molecule has 90 valence electrons. The van der Waals surface area contributed by atoms with Crippen LogP contribution in [0.3, 0.4) is 0 Å². The first kappa shape index (κ1) is 13.2. The SMILES string of the molecule is CC(C)C(C)C(=O)Nc1ccc(CC#N)cc1. The molecule has 0 aliphatic heterocycles. The van der Waals surface area contributed by atoms with Crippen LogP contribution in [-0.2, 0) is 11.2 Å². The van der Waals surface area contributed by atoms with Crippen LogP contribution < -0.4 is 5.32 Å². The number of benzene rings is 1. The summed E-state index contributed by atoms with van der Waals surface area (Å²) in [7, 11) is 0. The van der Waals surface area contributed by atoms with Gasteiger partial charge in [-0.1, -0.05) is 32.9 Å². The third-order valence-electron chi connectivity index (χ3n) is 2.92. The van der Waals surface area contributed by atoms with E-state index in [-0.39, 0.29) is 11.8 Å². The molecular weight excluding hydrogens is 212 g/mol. The summed E-state index contributed by atoms with van der Waals surface area (Å²) in [4.78, 5) is 11.8. The van der Waals surface area contributed by atoms with Crippen molar-refractivity contribution in [2.75, 3.05) is 5.32 Å². The van der Waals surface area contributed by atoms with Crippen LogP contribution in [0.1, 0.15) is 26.3 Å². The summed E-state index contributed by atoms with van der Waals surface area (Å²) in [5.74, 6) is 0.356. The minimum absolute atomic E-state index is 0.00575. The highest BCUT2D eigenvalue weighted by Gasteiger charge is 2.16. The van der Waals surface area contributed by atoms with Gasteiger partial charge in [0.1, 0.15) is 0 Å². The van der Waals surface area contributed by atoms with Crippen molar-refractivity contribution in [3.63, 3.8) is 0 Å². The lowest BCUT2D eigenvalue weighted by atomic mass is 9.97. The molecule has 1 atom stereocenters. The van der Waals surface area contributed by atoms with Gasteiger partial charge in [0, 0.05) is 11.6 Å². The second kappa shape index (κ2) is 6.05. The van der Waals surface area contributed by atoms with Crippen LogP contribution in [0.5, 0.6) is 0 Å². The van der Waals surface area contributed by atoms with Gasteiger partial charge >= 0.3 is 0 Å². The Hall–Kier alpha value is -1.82. The predicted molar refractivity (Wildman–Crippen MR) is 68.4 cm³/mol. The number of carbonyl (C=O) groups excluding carboxylic acids is 1. The molecule has 3 nitrogen and oxygen atoms in total. The van der Waals surface area contributed by atoms with Crippen molar-refractivity contribution in [2.45, 2.75) is 27.2 Å². The van der Waals surface area contributed by atoms with E-state index >= 15 is 0 Å². The number of amides is 1. The summed E-state index contributed by atoms with van der Waals surface area (Å²) in [6.07, 6.45) is 0.399. The number of hydrogen-bond acceptors (Lipinski definition) is 2. The van der Waals surface area contributed by atoms with Crippen LogP contribution in [0, 0.1) is 23.2 Å². The molecule has 1 unspecified atom stereocenters. The van der Waals surface area contributed by atoms with E-state index in [9.17, 15) is 4.79 Å². The minimum atomic E-state index is -0.00575. The maximum absolute atomic E-state index is 11.8. The Morgan fingerprint density at radius 1 is 1.29 bits per heavy atom. The molecule has 1 amide bonds. The Balaban J connectivity index is 2.64. The fraction of sp³-hybridized carbons (Fsp3) is 0.429. The average Bonchev–Trinajstić information content (AvgIpc) is 2.30. The zero-order valence-corrected chi connectivity index (χ0v) is 10.5. The normalized spacial score (nSPS) is 11.9. The van der Waals surface area contributed by atoms with Gasteiger partial charge in [-0.3, -0.25) is 4.79 Å². The molecule has 3 heteroatoms. The van der Waals surface area contributed by atoms with Gasteiger partial charge in [-0.05, 0) is 23.6 Å². The summed E-state index contributed by atoms with van der Waals surface area (Å²) in [6.45, 7) is 5.98. The summed E-state index contributed by atoms with van der Waals surface area (Å²) in [5, 5.41) is 11.4. The van der Waals surface area contributed by atoms with E-state index in [1.165, 1.54) is 0 Å². The van der Waals surface area contributed by atoms with E-state index in [1.807, 2.05) is 45.0 Å². The van der Waals surface area contributed by atoms with Gasteiger partial charge in [0.25, 0.3) is 0 Å². The van der Waals surface area contributed by atoms with Gasteiger partial charge in [-0.25, -0.2) is 0 Å². The van der Waals surface area contributed by atoms with Gasteiger partial charge in [-0.2, -0.15) is 5.26 Å². The number of carbonyl (C=O) groups is 1. The molecule has 0 aliphatic rings. The molecule has 0 spiro atoms. The Bertz CT molecular complexity index is 415. The molecule has 1 N–H and O–H groups in total. The number of rotatable bonds is 4. The van der Waals surface area contributed by atoms with Crippen molar-refractivity contribution in [1.29, 1.82) is 5.26 Å². The van der Waals surface area contributed by atoms with Crippen LogP contribution >= 0.6 is 0 Å². The van der Waals surface area contributed by atoms with Crippen LogP contribution in [0.25, 0.3) is 0 Å². The van der Waals surface area contributed by atoms with Gasteiger partial charge < -0.3 is 5.32 Å². The second-order valence-corrected chi connectivity index (χ2v) is 4.55. The van der Waals surface area contributed by atoms with E-state index < -0.39 is 0 Å². The van der Waals surface area contributed by atoms with Crippen molar-refractivity contribution in [2.24, 2.45) is 11.8 Å². The molecule has 0 aromatic heterocycles. The maximum atomic E-state index is 11.8. The number of nitrogens with zero attached hydrogens (tertiary/aromatic N) is 1. The quantitative estimate of drug-likeness (QED) is 0.864. The minimum Gasteiger partial charge on any atom is -0.326 e. The molecule has 0 saturated heterocycles. The van der Waals surface area contributed by atoms with Crippen LogP contribution in [-0.4, -0.2) is 5.91 Å². The number of anilines is 1. The maximum Gasteiger partial charge on any atom is 0.227 e. The first-order valence-corrected chi connectivity index (χ1v) is 5.81. The summed E-state index contributed by atoms with van der Waals surface area (Å²) in [5.41, 5.74) is 1.74. The molecule has 0 saturated carbocycles. The highest BCUT2D eigenvalue weighted by Crippen LogP contribution is 2.15. The molecule has 1 aromatic rings. The first-order chi connectivity index (χ1) is 8.04. The predicted octanol–water partition coefficient (Wildman–Crippen LogP) is 2.98. The van der Waals surface area contributed by atoms with Gasteiger partial charge in [0.15, 0.2) is 0 Å². The number of hydrogen-bond donors (Lipinski definition) is 1. The third kappa shape index (κ3) is 3.92.